The lowest BCUT2D eigenvalue weighted by Crippen LogP contribution is -2.34. The van der Waals surface area contributed by atoms with Gasteiger partial charge in [-0.2, -0.15) is 0 Å². The van der Waals surface area contributed by atoms with Crippen molar-refractivity contribution in [3.63, 3.8) is 0 Å². The summed E-state index contributed by atoms with van der Waals surface area (Å²) in [6.45, 7) is 2.78. The largest absolute Gasteiger partial charge is 0.347 e. The average Bonchev–Trinajstić information content (AvgIpc) is 3.07. The molecule has 0 unspecified atom stereocenters. The zero-order chi connectivity index (χ0) is 14.5. The molecule has 4 nitrogen and oxygen atoms in total. The van der Waals surface area contributed by atoms with Crippen molar-refractivity contribution in [3.8, 4) is 0 Å². The van der Waals surface area contributed by atoms with Crippen molar-refractivity contribution in [2.24, 2.45) is 0 Å². The Hall–Kier alpha value is -1.88. The van der Waals surface area contributed by atoms with Crippen LogP contribution in [-0.2, 0) is 6.54 Å². The van der Waals surface area contributed by atoms with Crippen molar-refractivity contribution in [1.29, 1.82) is 0 Å². The van der Waals surface area contributed by atoms with E-state index in [0.717, 1.165) is 23.8 Å². The molecule has 1 aliphatic heterocycles. The maximum atomic E-state index is 12.1. The zero-order valence-corrected chi connectivity index (χ0v) is 12.8. The van der Waals surface area contributed by atoms with Gasteiger partial charge in [-0.25, -0.2) is 4.98 Å². The minimum Gasteiger partial charge on any atom is -0.347 e. The Balaban J connectivity index is 1.59. The quantitative estimate of drug-likeness (QED) is 0.943. The first-order valence-electron chi connectivity index (χ1n) is 7.40. The minimum absolute atomic E-state index is 0.0372. The van der Waals surface area contributed by atoms with Gasteiger partial charge in [0.05, 0.1) is 25.2 Å². The highest BCUT2D eigenvalue weighted by Gasteiger charge is 2.19. The van der Waals surface area contributed by atoms with E-state index in [1.807, 2.05) is 29.6 Å². The number of nitrogens with zero attached hydrogens (tertiary/aromatic N) is 1. The molecule has 3 rings (SSSR count). The third-order valence-corrected chi connectivity index (χ3v) is 4.63. The van der Waals surface area contributed by atoms with Crippen LogP contribution in [0, 0.1) is 0 Å². The first-order chi connectivity index (χ1) is 10.3. The lowest BCUT2D eigenvalue weighted by molar-refractivity contribution is -0.364. The van der Waals surface area contributed by atoms with Crippen LogP contribution in [0.25, 0.3) is 0 Å². The van der Waals surface area contributed by atoms with E-state index < -0.39 is 0 Å². The lowest BCUT2D eigenvalue weighted by Gasteiger charge is -2.20. The highest BCUT2D eigenvalue weighted by molar-refractivity contribution is 7.09. The number of carbonyl (C=O) groups is 1. The molecule has 0 aliphatic carbocycles. The van der Waals surface area contributed by atoms with E-state index in [1.165, 1.54) is 19.3 Å². The van der Waals surface area contributed by atoms with Gasteiger partial charge in [0.25, 0.3) is 11.7 Å². The second kappa shape index (κ2) is 6.72. The van der Waals surface area contributed by atoms with Crippen molar-refractivity contribution in [2.45, 2.75) is 25.8 Å². The van der Waals surface area contributed by atoms with E-state index >= 15 is 0 Å². The molecule has 3 heterocycles. The zero-order valence-electron chi connectivity index (χ0n) is 12.0. The van der Waals surface area contributed by atoms with Gasteiger partial charge in [0, 0.05) is 10.9 Å². The number of pyridine rings is 1. The van der Waals surface area contributed by atoms with E-state index in [-0.39, 0.29) is 5.91 Å². The molecule has 2 aromatic rings. The Labute approximate surface area is 128 Å². The van der Waals surface area contributed by atoms with Crippen LogP contribution in [-0.4, -0.2) is 19.0 Å². The van der Waals surface area contributed by atoms with E-state index in [0.29, 0.717) is 12.1 Å². The third-order valence-electron chi connectivity index (χ3n) is 3.76. The van der Waals surface area contributed by atoms with Crippen LogP contribution in [0.1, 0.15) is 34.5 Å². The number of anilines is 1. The topological polar surface area (TPSA) is 46.5 Å². The molecule has 0 radical (unpaired) electrons. The summed E-state index contributed by atoms with van der Waals surface area (Å²) in [5.74, 6) is 1.06. The molecule has 1 aliphatic rings. The van der Waals surface area contributed by atoms with Crippen LogP contribution in [0.3, 0.4) is 0 Å². The van der Waals surface area contributed by atoms with Crippen molar-refractivity contribution in [2.75, 3.05) is 18.0 Å². The van der Waals surface area contributed by atoms with Gasteiger partial charge in [-0.1, -0.05) is 6.07 Å². The fraction of sp³-hybridized carbons (Fsp3) is 0.375. The molecule has 0 bridgehead atoms. The third kappa shape index (κ3) is 3.61. The van der Waals surface area contributed by atoms with Gasteiger partial charge < -0.3 is 5.32 Å². The van der Waals surface area contributed by atoms with E-state index in [4.69, 9.17) is 0 Å². The highest BCUT2D eigenvalue weighted by Crippen LogP contribution is 2.15. The predicted octanol–water partition coefficient (Wildman–Crippen LogP) is 2.48. The molecule has 1 fully saturated rings. The molecule has 0 atom stereocenters. The smallest absolute Gasteiger partial charge is 0.274 e. The van der Waals surface area contributed by atoms with E-state index in [9.17, 15) is 4.79 Å². The number of H-pyrrole nitrogens is 1. The number of hydrogen-bond acceptors (Lipinski definition) is 3. The van der Waals surface area contributed by atoms with Crippen LogP contribution >= 0.6 is 11.3 Å². The average molecular weight is 302 g/mol. The van der Waals surface area contributed by atoms with Crippen molar-refractivity contribution >= 4 is 23.1 Å². The van der Waals surface area contributed by atoms with Gasteiger partial charge in [0.2, 0.25) is 0 Å². The Kier molecular flexibility index (Phi) is 4.50. The number of hydrogen-bond donors (Lipinski definition) is 1. The standard InChI is InChI=1S/C16H19N3OS/c20-16(18-12-14-5-4-10-21-14)13-6-7-15(17-11-13)19-8-2-1-3-9-19/h4-7,10-11H,1-3,8-9,12H2,(H,18,20)/p+1. The highest BCUT2D eigenvalue weighted by atomic mass is 32.1. The van der Waals surface area contributed by atoms with Gasteiger partial charge in [0.1, 0.15) is 6.20 Å². The van der Waals surface area contributed by atoms with Crippen LogP contribution in [0.5, 0.6) is 0 Å². The molecular weight excluding hydrogens is 282 g/mol. The van der Waals surface area contributed by atoms with Crippen molar-refractivity contribution in [3.05, 3.63) is 46.3 Å². The SMILES string of the molecule is O=C(NCc1cccs1)c1ccc(N2CCCCC2)[nH+]c1. The number of carbonyl (C=O) groups excluding carboxylic acids is 1. The molecular formula is C16H20N3OS+. The first kappa shape index (κ1) is 14.1. The fourth-order valence-corrected chi connectivity index (χ4v) is 3.22. The number of thiophene rings is 1. The van der Waals surface area contributed by atoms with Gasteiger partial charge in [-0.3, -0.25) is 9.69 Å². The fourth-order valence-electron chi connectivity index (χ4n) is 2.57. The number of piperidine rings is 1. The summed E-state index contributed by atoms with van der Waals surface area (Å²) in [5.41, 5.74) is 0.673. The maximum Gasteiger partial charge on any atom is 0.274 e. The summed E-state index contributed by atoms with van der Waals surface area (Å²) in [5, 5.41) is 4.95. The molecule has 110 valence electrons. The summed E-state index contributed by atoms with van der Waals surface area (Å²) in [6.07, 6.45) is 5.61. The lowest BCUT2D eigenvalue weighted by atomic mass is 10.1. The van der Waals surface area contributed by atoms with Crippen LogP contribution in [0.2, 0.25) is 0 Å². The number of nitrogens with one attached hydrogen (secondary N) is 2. The van der Waals surface area contributed by atoms with Crippen LogP contribution in [0.4, 0.5) is 5.82 Å². The summed E-state index contributed by atoms with van der Waals surface area (Å²) in [4.78, 5) is 18.8. The van der Waals surface area contributed by atoms with Gasteiger partial charge in [0.15, 0.2) is 0 Å². The van der Waals surface area contributed by atoms with Crippen molar-refractivity contribution < 1.29 is 9.78 Å². The summed E-state index contributed by atoms with van der Waals surface area (Å²) in [7, 11) is 0. The van der Waals surface area contributed by atoms with E-state index in [2.05, 4.69) is 15.2 Å². The predicted molar refractivity (Wildman–Crippen MR) is 84.6 cm³/mol. The molecule has 0 spiro atoms. The van der Waals surface area contributed by atoms with Gasteiger partial charge in [-0.05, 0) is 36.8 Å². The normalized spacial score (nSPS) is 15.0. The molecule has 2 aromatic heterocycles. The molecule has 2 N–H and O–H groups in total. The summed E-state index contributed by atoms with van der Waals surface area (Å²) >= 11 is 1.65. The van der Waals surface area contributed by atoms with Crippen LogP contribution < -0.4 is 15.2 Å². The van der Waals surface area contributed by atoms with Crippen molar-refractivity contribution in [1.82, 2.24) is 5.32 Å². The molecule has 1 saturated heterocycles. The maximum absolute atomic E-state index is 12.1. The number of aromatic nitrogens is 1. The number of aromatic amines is 1. The Morgan fingerprint density at radius 2 is 2.10 bits per heavy atom. The minimum atomic E-state index is -0.0372. The second-order valence-corrected chi connectivity index (χ2v) is 6.30. The van der Waals surface area contributed by atoms with Gasteiger partial charge >= 0.3 is 0 Å². The molecule has 21 heavy (non-hydrogen) atoms. The van der Waals surface area contributed by atoms with Gasteiger partial charge in [-0.15, -0.1) is 11.3 Å². The summed E-state index contributed by atoms with van der Waals surface area (Å²) < 4.78 is 0. The number of rotatable bonds is 4. The number of amides is 1. The molecule has 1 amide bonds. The second-order valence-electron chi connectivity index (χ2n) is 5.27. The molecule has 5 heteroatoms. The van der Waals surface area contributed by atoms with E-state index in [1.54, 1.807) is 17.5 Å². The Morgan fingerprint density at radius 3 is 2.76 bits per heavy atom. The molecule has 0 aromatic carbocycles. The summed E-state index contributed by atoms with van der Waals surface area (Å²) in [6, 6.07) is 7.92. The Bertz CT molecular complexity index is 574. The monoisotopic (exact) mass is 302 g/mol. The Morgan fingerprint density at radius 1 is 1.24 bits per heavy atom. The van der Waals surface area contributed by atoms with Crippen LogP contribution in [0.15, 0.2) is 35.8 Å². The molecule has 0 saturated carbocycles. The first-order valence-corrected chi connectivity index (χ1v) is 8.28.